The first-order valence-corrected chi connectivity index (χ1v) is 10.6. The molecule has 0 radical (unpaired) electrons. The van der Waals surface area contributed by atoms with Crippen molar-refractivity contribution in [1.82, 2.24) is 10.2 Å². The molecule has 4 rings (SSSR count). The van der Waals surface area contributed by atoms with Gasteiger partial charge in [0.05, 0.1) is 10.8 Å². The second kappa shape index (κ2) is 7.40. The largest absolute Gasteiger partial charge is 0.354 e. The van der Waals surface area contributed by atoms with Gasteiger partial charge >= 0.3 is 0 Å². The summed E-state index contributed by atoms with van der Waals surface area (Å²) in [4.78, 5) is 28.5. The lowest BCUT2D eigenvalue weighted by Crippen LogP contribution is -2.47. The van der Waals surface area contributed by atoms with Gasteiger partial charge in [0, 0.05) is 17.2 Å². The molecule has 2 fully saturated rings. The third kappa shape index (κ3) is 3.78. The molecule has 2 amide bonds. The fourth-order valence-electron chi connectivity index (χ4n) is 2.91. The van der Waals surface area contributed by atoms with Crippen molar-refractivity contribution in [3.05, 3.63) is 47.1 Å². The van der Waals surface area contributed by atoms with Crippen molar-refractivity contribution >= 4 is 34.9 Å². The van der Waals surface area contributed by atoms with Gasteiger partial charge in [-0.2, -0.15) is 0 Å². The summed E-state index contributed by atoms with van der Waals surface area (Å²) in [6.45, 7) is 0.718. The molecule has 0 spiro atoms. The first kappa shape index (κ1) is 17.5. The van der Waals surface area contributed by atoms with Crippen molar-refractivity contribution in [2.24, 2.45) is 5.92 Å². The van der Waals surface area contributed by atoms with Crippen LogP contribution in [0.25, 0.3) is 10.4 Å². The van der Waals surface area contributed by atoms with Crippen LogP contribution in [0.1, 0.15) is 22.5 Å². The minimum Gasteiger partial charge on any atom is -0.354 e. The molecule has 2 aliphatic rings. The van der Waals surface area contributed by atoms with Crippen LogP contribution in [0.3, 0.4) is 0 Å². The van der Waals surface area contributed by atoms with Gasteiger partial charge in [-0.1, -0.05) is 12.1 Å². The summed E-state index contributed by atoms with van der Waals surface area (Å²) in [5, 5.41) is 2.98. The van der Waals surface area contributed by atoms with Gasteiger partial charge in [0.1, 0.15) is 11.9 Å². The summed E-state index contributed by atoms with van der Waals surface area (Å²) >= 11 is 2.98. The number of thioether (sulfide) groups is 1. The predicted molar refractivity (Wildman–Crippen MR) is 103 cm³/mol. The van der Waals surface area contributed by atoms with Crippen LogP contribution in [0.2, 0.25) is 0 Å². The molecular formula is C19H19FN2O2S2. The Labute approximate surface area is 159 Å². The normalized spacial score (nSPS) is 19.6. The highest BCUT2D eigenvalue weighted by molar-refractivity contribution is 7.99. The Morgan fingerprint density at radius 3 is 2.65 bits per heavy atom. The zero-order valence-corrected chi connectivity index (χ0v) is 15.7. The number of nitrogens with one attached hydrogen (secondary N) is 1. The molecule has 0 unspecified atom stereocenters. The number of benzene rings is 1. The first-order valence-electron chi connectivity index (χ1n) is 8.64. The molecule has 4 nitrogen and oxygen atoms in total. The Morgan fingerprint density at radius 2 is 1.92 bits per heavy atom. The van der Waals surface area contributed by atoms with E-state index in [0.29, 0.717) is 22.4 Å². The zero-order chi connectivity index (χ0) is 18.1. The minimum absolute atomic E-state index is 0.0504. The predicted octanol–water partition coefficient (Wildman–Crippen LogP) is 3.60. The Balaban J connectivity index is 1.46. The monoisotopic (exact) mass is 390 g/mol. The molecule has 1 atom stereocenters. The number of carbonyl (C=O) groups is 2. The molecule has 1 aromatic heterocycles. The molecule has 136 valence electrons. The van der Waals surface area contributed by atoms with Crippen LogP contribution in [-0.2, 0) is 4.79 Å². The van der Waals surface area contributed by atoms with Crippen LogP contribution in [0.5, 0.6) is 0 Å². The molecule has 1 aliphatic heterocycles. The third-order valence-corrected chi connectivity index (χ3v) is 6.79. The first-order chi connectivity index (χ1) is 12.6. The summed E-state index contributed by atoms with van der Waals surface area (Å²) in [5.74, 6) is 1.34. The van der Waals surface area contributed by atoms with Gasteiger partial charge in [-0.15, -0.1) is 23.1 Å². The molecule has 2 aromatic rings. The summed E-state index contributed by atoms with van der Waals surface area (Å²) < 4.78 is 13.1. The van der Waals surface area contributed by atoms with Gasteiger partial charge in [0.25, 0.3) is 5.91 Å². The fourth-order valence-corrected chi connectivity index (χ4v) is 5.03. The number of nitrogens with zero attached hydrogens (tertiary/aromatic N) is 1. The highest BCUT2D eigenvalue weighted by atomic mass is 32.2. The van der Waals surface area contributed by atoms with E-state index in [9.17, 15) is 14.0 Å². The quantitative estimate of drug-likeness (QED) is 0.849. The Bertz CT molecular complexity index is 817. The summed E-state index contributed by atoms with van der Waals surface area (Å²) in [6.07, 6.45) is 2.37. The maximum Gasteiger partial charge on any atom is 0.265 e. The lowest BCUT2D eigenvalue weighted by molar-refractivity contribution is -0.124. The van der Waals surface area contributed by atoms with Crippen LogP contribution in [-0.4, -0.2) is 40.9 Å². The summed E-state index contributed by atoms with van der Waals surface area (Å²) in [5.41, 5.74) is 0.880. The SMILES string of the molecule is O=C(NCC1CC1)[C@@H]1CSCN1C(=O)c1ccc(-c2ccc(F)cc2)s1. The average molecular weight is 391 g/mol. The van der Waals surface area contributed by atoms with E-state index in [-0.39, 0.29) is 17.6 Å². The van der Waals surface area contributed by atoms with E-state index in [1.807, 2.05) is 6.07 Å². The van der Waals surface area contributed by atoms with E-state index in [2.05, 4.69) is 5.32 Å². The Hall–Kier alpha value is -1.86. The van der Waals surface area contributed by atoms with E-state index in [1.54, 1.807) is 34.9 Å². The number of rotatable bonds is 5. The van der Waals surface area contributed by atoms with Gasteiger partial charge in [0.2, 0.25) is 5.91 Å². The minimum atomic E-state index is -0.400. The number of hydrogen-bond donors (Lipinski definition) is 1. The van der Waals surface area contributed by atoms with E-state index in [0.717, 1.165) is 17.0 Å². The zero-order valence-electron chi connectivity index (χ0n) is 14.1. The Kier molecular flexibility index (Phi) is 5.00. The van der Waals surface area contributed by atoms with Gasteiger partial charge in [-0.05, 0) is 48.6 Å². The summed E-state index contributed by atoms with van der Waals surface area (Å²) in [6, 6.07) is 9.49. The van der Waals surface area contributed by atoms with E-state index in [4.69, 9.17) is 0 Å². The van der Waals surface area contributed by atoms with Crippen LogP contribution in [0.4, 0.5) is 4.39 Å². The number of carbonyl (C=O) groups excluding carboxylic acids is 2. The summed E-state index contributed by atoms with van der Waals surface area (Å²) in [7, 11) is 0. The maximum atomic E-state index is 13.1. The molecular weight excluding hydrogens is 371 g/mol. The van der Waals surface area contributed by atoms with E-state index in [1.165, 1.54) is 36.3 Å². The highest BCUT2D eigenvalue weighted by Crippen LogP contribution is 2.32. The Morgan fingerprint density at radius 1 is 1.15 bits per heavy atom. The van der Waals surface area contributed by atoms with Crippen molar-refractivity contribution in [2.45, 2.75) is 18.9 Å². The van der Waals surface area contributed by atoms with Crippen molar-refractivity contribution in [3.8, 4) is 10.4 Å². The molecule has 1 N–H and O–H groups in total. The van der Waals surface area contributed by atoms with Crippen LogP contribution < -0.4 is 5.32 Å². The topological polar surface area (TPSA) is 49.4 Å². The van der Waals surface area contributed by atoms with E-state index < -0.39 is 6.04 Å². The van der Waals surface area contributed by atoms with Gasteiger partial charge in [-0.3, -0.25) is 9.59 Å². The molecule has 2 heterocycles. The molecule has 26 heavy (non-hydrogen) atoms. The number of amides is 2. The van der Waals surface area contributed by atoms with Crippen LogP contribution >= 0.6 is 23.1 Å². The third-order valence-electron chi connectivity index (χ3n) is 4.65. The number of halogens is 1. The molecule has 1 aliphatic carbocycles. The van der Waals surface area contributed by atoms with Crippen LogP contribution in [0, 0.1) is 11.7 Å². The standard InChI is InChI=1S/C19H19FN2O2S2/c20-14-5-3-13(4-6-14)16-7-8-17(26-16)19(24)22-11-25-10-15(22)18(23)21-9-12-1-2-12/h3-8,12,15H,1-2,9-11H2,(H,21,23)/t15-/m0/s1. The molecule has 1 aromatic carbocycles. The van der Waals surface area contributed by atoms with Crippen molar-refractivity contribution in [1.29, 1.82) is 0 Å². The smallest absolute Gasteiger partial charge is 0.265 e. The second-order valence-electron chi connectivity index (χ2n) is 6.65. The van der Waals surface area contributed by atoms with Crippen LogP contribution in [0.15, 0.2) is 36.4 Å². The molecule has 1 saturated heterocycles. The lowest BCUT2D eigenvalue weighted by Gasteiger charge is -2.22. The fraction of sp³-hybridized carbons (Fsp3) is 0.368. The highest BCUT2D eigenvalue weighted by Gasteiger charge is 2.36. The average Bonchev–Trinajstić information content (AvgIpc) is 3.14. The van der Waals surface area contributed by atoms with Gasteiger partial charge in [-0.25, -0.2) is 4.39 Å². The number of hydrogen-bond acceptors (Lipinski definition) is 4. The molecule has 1 saturated carbocycles. The molecule has 7 heteroatoms. The van der Waals surface area contributed by atoms with Gasteiger partial charge < -0.3 is 10.2 Å². The van der Waals surface area contributed by atoms with Crippen molar-refractivity contribution in [2.75, 3.05) is 18.2 Å². The van der Waals surface area contributed by atoms with E-state index >= 15 is 0 Å². The van der Waals surface area contributed by atoms with Gasteiger partial charge in [0.15, 0.2) is 0 Å². The molecule has 0 bridgehead atoms. The number of thiophene rings is 1. The second-order valence-corrected chi connectivity index (χ2v) is 8.73. The lowest BCUT2D eigenvalue weighted by atomic mass is 10.2. The van der Waals surface area contributed by atoms with Crippen molar-refractivity contribution < 1.29 is 14.0 Å². The maximum absolute atomic E-state index is 13.1. The van der Waals surface area contributed by atoms with Crippen molar-refractivity contribution in [3.63, 3.8) is 0 Å².